The van der Waals surface area contributed by atoms with Gasteiger partial charge in [0.05, 0.1) is 13.5 Å². The molecule has 0 aliphatic rings. The highest BCUT2D eigenvalue weighted by Gasteiger charge is 2.08. The summed E-state index contributed by atoms with van der Waals surface area (Å²) in [7, 11) is 1.43. The molecule has 0 saturated carbocycles. The first-order valence-corrected chi connectivity index (χ1v) is 7.54. The van der Waals surface area contributed by atoms with Crippen LogP contribution in [-0.2, 0) is 21.7 Å². The second-order valence-corrected chi connectivity index (χ2v) is 5.58. The molecule has 0 spiro atoms. The lowest BCUT2D eigenvalue weighted by atomic mass is 10.1. The normalized spacial score (nSPS) is 12.2. The quantitative estimate of drug-likeness (QED) is 0.704. The Labute approximate surface area is 114 Å². The van der Waals surface area contributed by atoms with E-state index in [9.17, 15) is 4.79 Å². The predicted molar refractivity (Wildman–Crippen MR) is 77.8 cm³/mol. The van der Waals surface area contributed by atoms with Gasteiger partial charge in [0.15, 0.2) is 0 Å². The van der Waals surface area contributed by atoms with Crippen LogP contribution in [0.25, 0.3) is 0 Å². The first-order chi connectivity index (χ1) is 8.67. The lowest BCUT2D eigenvalue weighted by Crippen LogP contribution is -2.06. The van der Waals surface area contributed by atoms with Gasteiger partial charge in [-0.1, -0.05) is 44.5 Å². The van der Waals surface area contributed by atoms with Gasteiger partial charge in [0.1, 0.15) is 0 Å². The summed E-state index contributed by atoms with van der Waals surface area (Å²) in [6.07, 6.45) is 1.59. The van der Waals surface area contributed by atoms with Gasteiger partial charge in [-0.3, -0.25) is 4.79 Å². The van der Waals surface area contributed by atoms with Crippen LogP contribution in [0.3, 0.4) is 0 Å². The topological polar surface area (TPSA) is 26.3 Å². The molecule has 3 heteroatoms. The summed E-state index contributed by atoms with van der Waals surface area (Å²) < 4.78 is 4.72. The van der Waals surface area contributed by atoms with Crippen LogP contribution < -0.4 is 0 Å². The Hall–Kier alpha value is -0.960. The third-order valence-electron chi connectivity index (χ3n) is 3.04. The van der Waals surface area contributed by atoms with E-state index >= 15 is 0 Å². The number of rotatable bonds is 7. The molecule has 0 aliphatic carbocycles. The summed E-state index contributed by atoms with van der Waals surface area (Å²) in [5, 5.41) is 0. The predicted octanol–water partition coefficient (Wildman–Crippen LogP) is 3.68. The number of hydrogen-bond acceptors (Lipinski definition) is 3. The molecule has 1 atom stereocenters. The van der Waals surface area contributed by atoms with Crippen molar-refractivity contribution >= 4 is 17.7 Å². The van der Waals surface area contributed by atoms with Gasteiger partial charge in [-0.15, -0.1) is 0 Å². The molecule has 0 fully saturated rings. The van der Waals surface area contributed by atoms with Crippen LogP contribution in [0.15, 0.2) is 24.3 Å². The van der Waals surface area contributed by atoms with Crippen LogP contribution in [-0.4, -0.2) is 18.8 Å². The highest BCUT2D eigenvalue weighted by molar-refractivity contribution is 7.98. The number of carbonyl (C=O) groups is 1. The molecular weight excluding hydrogens is 244 g/mol. The molecular formula is C15H22O2S. The van der Waals surface area contributed by atoms with E-state index in [0.29, 0.717) is 6.42 Å². The van der Waals surface area contributed by atoms with Gasteiger partial charge in [-0.2, -0.15) is 11.8 Å². The van der Waals surface area contributed by atoms with Gasteiger partial charge >= 0.3 is 5.97 Å². The van der Waals surface area contributed by atoms with E-state index < -0.39 is 0 Å². The number of hydrogen-bond donors (Lipinski definition) is 0. The fraction of sp³-hybridized carbons (Fsp3) is 0.533. The van der Waals surface area contributed by atoms with E-state index in [1.807, 2.05) is 30.0 Å². The van der Waals surface area contributed by atoms with E-state index in [2.05, 4.69) is 19.9 Å². The van der Waals surface area contributed by atoms with Crippen molar-refractivity contribution in [2.24, 2.45) is 5.92 Å². The Morgan fingerprint density at radius 3 is 2.61 bits per heavy atom. The van der Waals surface area contributed by atoms with Crippen molar-refractivity contribution in [1.29, 1.82) is 0 Å². The molecule has 0 aliphatic heterocycles. The second kappa shape index (κ2) is 8.20. The minimum atomic E-state index is -0.172. The summed E-state index contributed by atoms with van der Waals surface area (Å²) in [6, 6.07) is 8.11. The standard InChI is InChI=1S/C15H22O2S/c1-4-12(2)10-18-11-14-8-6-5-7-13(14)9-15(16)17-3/h5-8,12H,4,9-11H2,1-3H3. The van der Waals surface area contributed by atoms with Crippen molar-refractivity contribution in [2.75, 3.05) is 12.9 Å². The van der Waals surface area contributed by atoms with E-state index in [4.69, 9.17) is 4.74 Å². The summed E-state index contributed by atoms with van der Waals surface area (Å²) in [5.74, 6) is 2.72. The number of benzene rings is 1. The van der Waals surface area contributed by atoms with Crippen LogP contribution in [0, 0.1) is 5.92 Å². The van der Waals surface area contributed by atoms with E-state index in [1.54, 1.807) is 0 Å². The maximum atomic E-state index is 11.3. The Bertz CT molecular complexity index is 377. The maximum absolute atomic E-state index is 11.3. The zero-order valence-corrected chi connectivity index (χ0v) is 12.3. The molecule has 1 aromatic carbocycles. The molecule has 0 amide bonds. The molecule has 1 aromatic rings. The molecule has 1 rings (SSSR count). The lowest BCUT2D eigenvalue weighted by Gasteiger charge is -2.10. The largest absolute Gasteiger partial charge is 0.469 e. The monoisotopic (exact) mass is 266 g/mol. The first kappa shape index (κ1) is 15.1. The molecule has 0 N–H and O–H groups in total. The van der Waals surface area contributed by atoms with Crippen molar-refractivity contribution in [3.63, 3.8) is 0 Å². The number of ether oxygens (including phenoxy) is 1. The van der Waals surface area contributed by atoms with Crippen molar-refractivity contribution in [3.05, 3.63) is 35.4 Å². The van der Waals surface area contributed by atoms with Crippen LogP contribution in [0.2, 0.25) is 0 Å². The van der Waals surface area contributed by atoms with Gasteiger partial charge in [-0.05, 0) is 22.8 Å². The number of thioether (sulfide) groups is 1. The minimum absolute atomic E-state index is 0.172. The van der Waals surface area contributed by atoms with Crippen molar-refractivity contribution < 1.29 is 9.53 Å². The van der Waals surface area contributed by atoms with E-state index in [1.165, 1.54) is 24.8 Å². The molecule has 2 nitrogen and oxygen atoms in total. The van der Waals surface area contributed by atoms with Crippen LogP contribution in [0.4, 0.5) is 0 Å². The Balaban J connectivity index is 2.56. The van der Waals surface area contributed by atoms with Crippen molar-refractivity contribution in [3.8, 4) is 0 Å². The van der Waals surface area contributed by atoms with Gasteiger partial charge in [0, 0.05) is 5.75 Å². The summed E-state index contributed by atoms with van der Waals surface area (Å²) in [4.78, 5) is 11.3. The van der Waals surface area contributed by atoms with Gasteiger partial charge in [0.25, 0.3) is 0 Å². The van der Waals surface area contributed by atoms with Crippen molar-refractivity contribution in [1.82, 2.24) is 0 Å². The Morgan fingerprint density at radius 1 is 1.33 bits per heavy atom. The molecule has 0 bridgehead atoms. The summed E-state index contributed by atoms with van der Waals surface area (Å²) >= 11 is 1.94. The van der Waals surface area contributed by atoms with Gasteiger partial charge < -0.3 is 4.74 Å². The number of carbonyl (C=O) groups excluding carboxylic acids is 1. The van der Waals surface area contributed by atoms with Crippen LogP contribution >= 0.6 is 11.8 Å². The van der Waals surface area contributed by atoms with E-state index in [-0.39, 0.29) is 5.97 Å². The van der Waals surface area contributed by atoms with Crippen molar-refractivity contribution in [2.45, 2.75) is 32.4 Å². The molecule has 0 heterocycles. The highest BCUT2D eigenvalue weighted by atomic mass is 32.2. The molecule has 0 saturated heterocycles. The average Bonchev–Trinajstić information content (AvgIpc) is 2.40. The molecule has 18 heavy (non-hydrogen) atoms. The zero-order valence-electron chi connectivity index (χ0n) is 11.4. The zero-order chi connectivity index (χ0) is 13.4. The number of methoxy groups -OCH3 is 1. The minimum Gasteiger partial charge on any atom is -0.469 e. The first-order valence-electron chi connectivity index (χ1n) is 6.38. The number of esters is 1. The summed E-state index contributed by atoms with van der Waals surface area (Å²) in [5.41, 5.74) is 2.33. The molecule has 100 valence electrons. The highest BCUT2D eigenvalue weighted by Crippen LogP contribution is 2.20. The summed E-state index contributed by atoms with van der Waals surface area (Å²) in [6.45, 7) is 4.49. The Kier molecular flexibility index (Phi) is 6.88. The van der Waals surface area contributed by atoms with Crippen LogP contribution in [0.1, 0.15) is 31.4 Å². The molecule has 0 radical (unpaired) electrons. The lowest BCUT2D eigenvalue weighted by molar-refractivity contribution is -0.139. The van der Waals surface area contributed by atoms with Gasteiger partial charge in [-0.25, -0.2) is 0 Å². The smallest absolute Gasteiger partial charge is 0.309 e. The fourth-order valence-electron chi connectivity index (χ4n) is 1.59. The molecule has 0 aromatic heterocycles. The third-order valence-corrected chi connectivity index (χ3v) is 4.36. The molecule has 1 unspecified atom stereocenters. The van der Waals surface area contributed by atoms with Crippen LogP contribution in [0.5, 0.6) is 0 Å². The average molecular weight is 266 g/mol. The van der Waals surface area contributed by atoms with Gasteiger partial charge in [0.2, 0.25) is 0 Å². The maximum Gasteiger partial charge on any atom is 0.309 e. The second-order valence-electron chi connectivity index (χ2n) is 4.55. The third kappa shape index (κ3) is 5.13. The Morgan fingerprint density at radius 2 is 2.00 bits per heavy atom. The van der Waals surface area contributed by atoms with E-state index in [0.717, 1.165) is 17.2 Å². The fourth-order valence-corrected chi connectivity index (χ4v) is 2.84. The SMILES string of the molecule is CCC(C)CSCc1ccccc1CC(=O)OC.